The fourth-order valence-corrected chi connectivity index (χ4v) is 0.464. The molecule has 0 atom stereocenters. The van der Waals surface area contributed by atoms with Crippen LogP contribution in [0.1, 0.15) is 19.8 Å². The van der Waals surface area contributed by atoms with Gasteiger partial charge < -0.3 is 10.9 Å². The highest BCUT2D eigenvalue weighted by atomic mass is 16.4. The zero-order valence-electron chi connectivity index (χ0n) is 5.09. The first-order valence-electron chi connectivity index (χ1n) is 2.75. The number of hydrogen-bond acceptors (Lipinski definition) is 3. The van der Waals surface area contributed by atoms with Crippen molar-refractivity contribution in [2.45, 2.75) is 19.8 Å². The second-order valence-corrected chi connectivity index (χ2v) is 1.56. The van der Waals surface area contributed by atoms with E-state index in [-0.39, 0.29) is 0 Å². The van der Waals surface area contributed by atoms with Crippen LogP contribution in [0.4, 0.5) is 0 Å². The van der Waals surface area contributed by atoms with Crippen molar-refractivity contribution in [3.8, 4) is 0 Å². The van der Waals surface area contributed by atoms with Crippen molar-refractivity contribution in [1.29, 1.82) is 0 Å². The van der Waals surface area contributed by atoms with Crippen LogP contribution in [0.3, 0.4) is 0 Å². The Bertz CT molecular complexity index is 80.5. The van der Waals surface area contributed by atoms with E-state index in [1.165, 1.54) is 0 Å². The summed E-state index contributed by atoms with van der Waals surface area (Å²) in [6.45, 7) is 2.50. The van der Waals surface area contributed by atoms with Gasteiger partial charge in [0.15, 0.2) is 0 Å². The maximum absolute atomic E-state index is 8.19. The van der Waals surface area contributed by atoms with E-state index in [0.717, 1.165) is 12.1 Å². The van der Waals surface area contributed by atoms with Gasteiger partial charge in [-0.25, -0.2) is 0 Å². The van der Waals surface area contributed by atoms with E-state index in [1.807, 2.05) is 6.92 Å². The molecule has 0 rings (SSSR count). The lowest BCUT2D eigenvalue weighted by molar-refractivity contribution is 0.316. The summed E-state index contributed by atoms with van der Waals surface area (Å²) in [4.78, 5) is 0. The van der Waals surface area contributed by atoms with Gasteiger partial charge >= 0.3 is 0 Å². The molecule has 8 heavy (non-hydrogen) atoms. The van der Waals surface area contributed by atoms with Crippen molar-refractivity contribution >= 4 is 5.71 Å². The zero-order valence-corrected chi connectivity index (χ0v) is 5.09. The fourth-order valence-electron chi connectivity index (χ4n) is 0.464. The molecule has 0 spiro atoms. The normalized spacial score (nSPS) is 12.0. The molecule has 3 nitrogen and oxygen atoms in total. The molecule has 3 heteroatoms. The third kappa shape index (κ3) is 2.58. The van der Waals surface area contributed by atoms with Gasteiger partial charge in [0.1, 0.15) is 0 Å². The van der Waals surface area contributed by atoms with Crippen LogP contribution in [0, 0.1) is 0 Å². The molecule has 0 aliphatic carbocycles. The van der Waals surface area contributed by atoms with E-state index in [9.17, 15) is 0 Å². The van der Waals surface area contributed by atoms with E-state index in [1.54, 1.807) is 0 Å². The number of hydrogen-bond donors (Lipinski definition) is 2. The predicted octanol–water partition coefficient (Wildman–Crippen LogP) is 0.575. The summed E-state index contributed by atoms with van der Waals surface area (Å²) in [5.41, 5.74) is 5.96. The van der Waals surface area contributed by atoms with Crippen LogP contribution in [0.5, 0.6) is 0 Å². The summed E-state index contributed by atoms with van der Waals surface area (Å²) in [5, 5.41) is 11.2. The molecule has 0 bridgehead atoms. The monoisotopic (exact) mass is 116 g/mol. The average molecular weight is 116 g/mol. The summed E-state index contributed by atoms with van der Waals surface area (Å²) in [6, 6.07) is 0. The molecule has 0 aromatic carbocycles. The molecule has 0 aliphatic rings. The topological polar surface area (TPSA) is 58.6 Å². The van der Waals surface area contributed by atoms with E-state index in [0.29, 0.717) is 13.0 Å². The van der Waals surface area contributed by atoms with Crippen LogP contribution in [-0.4, -0.2) is 17.5 Å². The smallest absolute Gasteiger partial charge is 0.0580 e. The SMILES string of the molecule is CCC(CCN)=NO. The summed E-state index contributed by atoms with van der Waals surface area (Å²) >= 11 is 0. The highest BCUT2D eigenvalue weighted by Gasteiger charge is 1.91. The third-order valence-electron chi connectivity index (χ3n) is 0.982. The Kier molecular flexibility index (Phi) is 4.26. The second kappa shape index (κ2) is 4.59. The second-order valence-electron chi connectivity index (χ2n) is 1.56. The quantitative estimate of drug-likeness (QED) is 0.322. The van der Waals surface area contributed by atoms with Crippen molar-refractivity contribution in [3.05, 3.63) is 0 Å². The number of oxime groups is 1. The highest BCUT2D eigenvalue weighted by Crippen LogP contribution is 1.87. The Morgan fingerprint density at radius 2 is 2.38 bits per heavy atom. The van der Waals surface area contributed by atoms with Gasteiger partial charge in [0.25, 0.3) is 0 Å². The first-order valence-corrected chi connectivity index (χ1v) is 2.75. The molecule has 0 unspecified atom stereocenters. The average Bonchev–Trinajstić information content (AvgIpc) is 1.83. The molecule has 0 amide bonds. The van der Waals surface area contributed by atoms with Crippen LogP contribution in [0.15, 0.2) is 5.16 Å². The maximum atomic E-state index is 8.19. The number of rotatable bonds is 3. The van der Waals surface area contributed by atoms with Crippen LogP contribution in [0.2, 0.25) is 0 Å². The Labute approximate surface area is 49.2 Å². The molecule has 0 heterocycles. The zero-order chi connectivity index (χ0) is 6.41. The van der Waals surface area contributed by atoms with Gasteiger partial charge in [0.2, 0.25) is 0 Å². The minimum absolute atomic E-state index is 0.563. The van der Waals surface area contributed by atoms with Gasteiger partial charge in [-0.3, -0.25) is 0 Å². The van der Waals surface area contributed by atoms with E-state index in [2.05, 4.69) is 5.16 Å². The first-order chi connectivity index (χ1) is 3.85. The van der Waals surface area contributed by atoms with Gasteiger partial charge in [0.05, 0.1) is 5.71 Å². The summed E-state index contributed by atoms with van der Waals surface area (Å²) < 4.78 is 0. The molecule has 0 fully saturated rings. The predicted molar refractivity (Wildman–Crippen MR) is 33.2 cm³/mol. The van der Waals surface area contributed by atoms with E-state index < -0.39 is 0 Å². The molecule has 0 aliphatic heterocycles. The lowest BCUT2D eigenvalue weighted by Crippen LogP contribution is -2.06. The van der Waals surface area contributed by atoms with Crippen LogP contribution in [-0.2, 0) is 0 Å². The minimum Gasteiger partial charge on any atom is -0.411 e. The van der Waals surface area contributed by atoms with E-state index in [4.69, 9.17) is 10.9 Å². The van der Waals surface area contributed by atoms with Crippen molar-refractivity contribution in [2.75, 3.05) is 6.54 Å². The van der Waals surface area contributed by atoms with Crippen LogP contribution >= 0.6 is 0 Å². The van der Waals surface area contributed by atoms with Crippen LogP contribution in [0.25, 0.3) is 0 Å². The molecule has 0 aromatic rings. The summed E-state index contributed by atoms with van der Waals surface area (Å²) in [5.74, 6) is 0. The van der Waals surface area contributed by atoms with Gasteiger partial charge in [-0.05, 0) is 13.0 Å². The molecule has 0 aromatic heterocycles. The largest absolute Gasteiger partial charge is 0.411 e. The van der Waals surface area contributed by atoms with E-state index >= 15 is 0 Å². The molecule has 0 saturated heterocycles. The minimum atomic E-state index is 0.563. The molecule has 3 N–H and O–H groups in total. The third-order valence-corrected chi connectivity index (χ3v) is 0.982. The Morgan fingerprint density at radius 3 is 2.50 bits per heavy atom. The van der Waals surface area contributed by atoms with Crippen molar-refractivity contribution < 1.29 is 5.21 Å². The fraction of sp³-hybridized carbons (Fsp3) is 0.800. The molecular weight excluding hydrogens is 104 g/mol. The number of nitrogens with two attached hydrogens (primary N) is 1. The lowest BCUT2D eigenvalue weighted by Gasteiger charge is -1.94. The Hall–Kier alpha value is -0.570. The molecular formula is C5H12N2O. The Balaban J connectivity index is 3.38. The van der Waals surface area contributed by atoms with Crippen molar-refractivity contribution in [3.63, 3.8) is 0 Å². The first kappa shape index (κ1) is 7.43. The number of nitrogens with zero attached hydrogens (tertiary/aromatic N) is 1. The lowest BCUT2D eigenvalue weighted by atomic mass is 10.2. The molecule has 48 valence electrons. The van der Waals surface area contributed by atoms with Gasteiger partial charge in [-0.2, -0.15) is 0 Å². The summed E-state index contributed by atoms with van der Waals surface area (Å²) in [6.07, 6.45) is 1.49. The van der Waals surface area contributed by atoms with Crippen LogP contribution < -0.4 is 5.73 Å². The van der Waals surface area contributed by atoms with Crippen molar-refractivity contribution in [2.24, 2.45) is 10.9 Å². The Morgan fingerprint density at radius 1 is 1.75 bits per heavy atom. The summed E-state index contributed by atoms with van der Waals surface area (Å²) in [7, 11) is 0. The van der Waals surface area contributed by atoms with Gasteiger partial charge in [0, 0.05) is 6.42 Å². The van der Waals surface area contributed by atoms with Crippen molar-refractivity contribution in [1.82, 2.24) is 0 Å². The molecule has 0 radical (unpaired) electrons. The maximum Gasteiger partial charge on any atom is 0.0580 e. The molecule has 0 saturated carbocycles. The highest BCUT2D eigenvalue weighted by molar-refractivity contribution is 5.83. The van der Waals surface area contributed by atoms with Gasteiger partial charge in [-0.15, -0.1) is 0 Å². The van der Waals surface area contributed by atoms with Gasteiger partial charge in [-0.1, -0.05) is 12.1 Å². The standard InChI is InChI=1S/C5H12N2O/c1-2-5(7-8)3-4-6/h8H,2-4,6H2,1H3.